The standard InChI is InChI=1S/C20H23N9O10P2S3/c21-15-11-17(25-5-23-15)28(7-27-11)19-13(12(30)9(38-19)4-35-40(32,33)42)39-41(34,43)36-3-8-1-2-10(37-8)29-18-14(44-20(29)31)16(22)24-6-26-18/h5-10,13,19H,1-4H2,(H,34,43)(H2,21,23,25)(H2,22,24,26)(H2,32,33,42)/t8?,9-,10-,13+,19-,41?/m1/s1. The molecule has 0 amide bonds. The van der Waals surface area contributed by atoms with Crippen LogP contribution in [0.1, 0.15) is 25.3 Å². The van der Waals surface area contributed by atoms with Gasteiger partial charge in [-0.1, -0.05) is 23.6 Å². The van der Waals surface area contributed by atoms with Crippen LogP contribution < -0.4 is 16.3 Å². The molecule has 0 bridgehead atoms. The molecule has 6 heterocycles. The summed E-state index contributed by atoms with van der Waals surface area (Å²) in [4.78, 5) is 66.2. The average molecular weight is 708 g/mol. The minimum atomic E-state index is -4.27. The summed E-state index contributed by atoms with van der Waals surface area (Å²) >= 11 is 9.56. The van der Waals surface area contributed by atoms with Gasteiger partial charge in [-0.3, -0.25) is 27.8 Å². The number of ether oxygens (including phenoxy) is 2. The number of carbonyl (C=O) groups excluding carboxylic acids is 1. The van der Waals surface area contributed by atoms with Crippen LogP contribution in [0.2, 0.25) is 0 Å². The fraction of sp³-hybridized carbons (Fsp3) is 0.450. The Labute approximate surface area is 260 Å². The van der Waals surface area contributed by atoms with E-state index < -0.39 is 56.7 Å². The van der Waals surface area contributed by atoms with E-state index >= 15 is 0 Å². The number of hydrogen-bond acceptors (Lipinski definition) is 17. The summed E-state index contributed by atoms with van der Waals surface area (Å²) in [6, 6.07) is 0. The minimum absolute atomic E-state index is 0.0609. The normalized spacial score (nSPS) is 26.8. The number of aromatic nitrogens is 7. The second-order valence-corrected chi connectivity index (χ2v) is 16.0. The van der Waals surface area contributed by atoms with Crippen molar-refractivity contribution < 1.29 is 42.2 Å². The molecule has 6 N–H and O–H groups in total. The van der Waals surface area contributed by atoms with E-state index in [2.05, 4.69) is 37.2 Å². The first-order valence-corrected chi connectivity index (χ1v) is 18.7. The second-order valence-electron chi connectivity index (χ2n) is 9.52. The molecule has 4 aromatic rings. The van der Waals surface area contributed by atoms with Crippen LogP contribution in [0, 0.1) is 0 Å². The van der Waals surface area contributed by atoms with Crippen LogP contribution in [0.5, 0.6) is 0 Å². The summed E-state index contributed by atoms with van der Waals surface area (Å²) in [6.07, 6.45) is -1.02. The van der Waals surface area contributed by atoms with Crippen LogP contribution in [0.15, 0.2) is 23.8 Å². The highest BCUT2D eigenvalue weighted by Crippen LogP contribution is 2.51. The van der Waals surface area contributed by atoms with E-state index in [1.165, 1.54) is 28.1 Å². The number of hydrogen-bond donors (Lipinski definition) is 5. The molecule has 6 rings (SSSR count). The Kier molecular flexibility index (Phi) is 8.63. The number of thiol groups is 1. The van der Waals surface area contributed by atoms with Gasteiger partial charge in [0.1, 0.15) is 41.0 Å². The molecule has 2 aliphatic heterocycles. The first-order valence-electron chi connectivity index (χ1n) is 12.6. The Morgan fingerprint density at radius 2 is 1.77 bits per heavy atom. The van der Waals surface area contributed by atoms with Crippen LogP contribution in [-0.2, 0) is 44.2 Å². The van der Waals surface area contributed by atoms with Gasteiger partial charge in [-0.15, -0.1) is 0 Å². The van der Waals surface area contributed by atoms with Crippen LogP contribution >= 0.6 is 37.1 Å². The third kappa shape index (κ3) is 6.30. The number of thiazole rings is 1. The number of carbonyl (C=O) groups is 1. The number of rotatable bonds is 10. The van der Waals surface area contributed by atoms with Crippen molar-refractivity contribution in [3.63, 3.8) is 0 Å². The molecule has 19 nitrogen and oxygen atoms in total. The lowest BCUT2D eigenvalue weighted by atomic mass is 10.2. The number of anilines is 2. The molecule has 0 aliphatic carbocycles. The first kappa shape index (κ1) is 31.5. The Morgan fingerprint density at radius 1 is 1.05 bits per heavy atom. The highest BCUT2D eigenvalue weighted by molar-refractivity contribution is 8.44. The number of imidazole rings is 1. The Morgan fingerprint density at radius 3 is 2.52 bits per heavy atom. The topological polar surface area (TPSA) is 264 Å². The molecular weight excluding hydrogens is 684 g/mol. The smallest absolute Gasteiger partial charge is 0.382 e. The van der Waals surface area contributed by atoms with Crippen molar-refractivity contribution in [2.24, 2.45) is 0 Å². The predicted molar refractivity (Wildman–Crippen MR) is 160 cm³/mol. The molecule has 0 aromatic carbocycles. The maximum atomic E-state index is 13.3. The van der Waals surface area contributed by atoms with Crippen LogP contribution in [0.25, 0.3) is 21.5 Å². The molecule has 44 heavy (non-hydrogen) atoms. The third-order valence-electron chi connectivity index (χ3n) is 6.69. The third-order valence-corrected chi connectivity index (χ3v) is 10.0. The van der Waals surface area contributed by atoms with Crippen molar-refractivity contribution in [2.75, 3.05) is 24.7 Å². The predicted octanol–water partition coefficient (Wildman–Crippen LogP) is 0.667. The summed E-state index contributed by atoms with van der Waals surface area (Å²) in [6.45, 7) is -9.31. The fourth-order valence-electron chi connectivity index (χ4n) is 4.76. The summed E-state index contributed by atoms with van der Waals surface area (Å²) in [5, 5.41) is 0. The van der Waals surface area contributed by atoms with Crippen LogP contribution in [0.4, 0.5) is 11.6 Å². The Hall–Kier alpha value is -2.46. The lowest BCUT2D eigenvalue weighted by Crippen LogP contribution is -2.31. The summed E-state index contributed by atoms with van der Waals surface area (Å²) < 4.78 is 42.4. The monoisotopic (exact) mass is 707 g/mol. The molecule has 2 aliphatic rings. The minimum Gasteiger partial charge on any atom is -0.382 e. The summed E-state index contributed by atoms with van der Waals surface area (Å²) in [5.41, 5.74) is 12.5. The van der Waals surface area contributed by atoms with Crippen molar-refractivity contribution in [1.29, 1.82) is 0 Å². The first-order chi connectivity index (χ1) is 20.8. The summed E-state index contributed by atoms with van der Waals surface area (Å²) in [7, 11) is 0. The summed E-state index contributed by atoms with van der Waals surface area (Å²) in [5.74, 6) is -0.527. The maximum Gasteiger partial charge on any atom is 0.383 e. The number of nitrogens with zero attached hydrogens (tertiary/aromatic N) is 7. The van der Waals surface area contributed by atoms with E-state index in [9.17, 15) is 23.9 Å². The molecule has 3 unspecified atom stereocenters. The largest absolute Gasteiger partial charge is 0.383 e. The van der Waals surface area contributed by atoms with Gasteiger partial charge < -0.3 is 35.3 Å². The van der Waals surface area contributed by atoms with Crippen molar-refractivity contribution in [1.82, 2.24) is 34.1 Å². The SMILES string of the molecule is Nc1ncnc2c1ncn2[C@@H]1O[C@H](COP(=O)(O)S)C(=O)[C@@H]1OP(O)(=S)OCC1CC[C@H](n2c(=O)sc3c(N)ncnc32)O1. The molecule has 24 heteroatoms. The molecule has 0 radical (unpaired) electrons. The highest BCUT2D eigenvalue weighted by atomic mass is 32.7. The quantitative estimate of drug-likeness (QED) is 0.112. The lowest BCUT2D eigenvalue weighted by molar-refractivity contribution is -0.127. The second kappa shape index (κ2) is 12.0. The Bertz CT molecular complexity index is 1900. The zero-order valence-electron chi connectivity index (χ0n) is 22.1. The highest BCUT2D eigenvalue weighted by Gasteiger charge is 2.49. The van der Waals surface area contributed by atoms with E-state index in [4.69, 9.17) is 46.3 Å². The van der Waals surface area contributed by atoms with Crippen molar-refractivity contribution in [3.05, 3.63) is 28.6 Å². The van der Waals surface area contributed by atoms with E-state index in [0.29, 0.717) is 23.2 Å². The number of nitrogen functional groups attached to an aromatic ring is 2. The van der Waals surface area contributed by atoms with E-state index in [0.717, 1.165) is 11.3 Å². The van der Waals surface area contributed by atoms with Crippen molar-refractivity contribution in [2.45, 2.75) is 43.6 Å². The molecule has 236 valence electrons. The van der Waals surface area contributed by atoms with E-state index in [1.54, 1.807) is 0 Å². The lowest BCUT2D eigenvalue weighted by Gasteiger charge is -2.24. The number of ketones is 1. The average Bonchev–Trinajstić information content (AvgIpc) is 3.72. The number of Topliss-reactive ketones (excluding diaryl/α,β-unsaturated/α-hetero) is 1. The van der Waals surface area contributed by atoms with Gasteiger partial charge in [-0.2, -0.15) is 0 Å². The van der Waals surface area contributed by atoms with Gasteiger partial charge in [0.15, 0.2) is 35.2 Å². The van der Waals surface area contributed by atoms with Crippen molar-refractivity contribution >= 4 is 87.8 Å². The van der Waals surface area contributed by atoms with Gasteiger partial charge in [-0.05, 0) is 24.6 Å². The maximum absolute atomic E-state index is 13.3. The molecule has 2 fully saturated rings. The number of fused-ring (bicyclic) bond motifs is 2. The van der Waals surface area contributed by atoms with Gasteiger partial charge in [0.05, 0.1) is 25.6 Å². The van der Waals surface area contributed by atoms with E-state index in [-0.39, 0.29) is 34.3 Å². The molecule has 4 aromatic heterocycles. The van der Waals surface area contributed by atoms with Crippen molar-refractivity contribution in [3.8, 4) is 0 Å². The zero-order valence-corrected chi connectivity index (χ0v) is 26.4. The molecule has 7 atom stereocenters. The van der Waals surface area contributed by atoms with Crippen LogP contribution in [0.3, 0.4) is 0 Å². The van der Waals surface area contributed by atoms with E-state index in [1.807, 2.05) is 0 Å². The van der Waals surface area contributed by atoms with Gasteiger partial charge in [0.25, 0.3) is 0 Å². The molecule has 2 saturated heterocycles. The molecule has 0 spiro atoms. The van der Waals surface area contributed by atoms with Gasteiger partial charge in [0, 0.05) is 0 Å². The zero-order chi connectivity index (χ0) is 31.4. The molecular formula is C20H23N9O10P2S3. The molecule has 0 saturated carbocycles. The van der Waals surface area contributed by atoms with Gasteiger partial charge >= 0.3 is 18.4 Å². The van der Waals surface area contributed by atoms with Gasteiger partial charge in [-0.25, -0.2) is 29.5 Å². The Balaban J connectivity index is 1.17. The fourth-order valence-corrected chi connectivity index (χ4v) is 7.54. The van der Waals surface area contributed by atoms with Crippen LogP contribution in [-0.4, -0.2) is 81.1 Å². The number of nitrogens with two attached hydrogens (primary N) is 2. The van der Waals surface area contributed by atoms with Gasteiger partial charge in [0.2, 0.25) is 0 Å².